The van der Waals surface area contributed by atoms with Gasteiger partial charge in [0.1, 0.15) is 12.4 Å². The van der Waals surface area contributed by atoms with Crippen LogP contribution >= 0.6 is 0 Å². The van der Waals surface area contributed by atoms with Crippen molar-refractivity contribution in [2.45, 2.75) is 26.9 Å². The number of carboxylic acids is 1. The number of hydrogen-bond acceptors (Lipinski definition) is 4. The van der Waals surface area contributed by atoms with Gasteiger partial charge in [-0.1, -0.05) is 37.8 Å². The summed E-state index contributed by atoms with van der Waals surface area (Å²) in [7, 11) is 0. The summed E-state index contributed by atoms with van der Waals surface area (Å²) in [4.78, 5) is 32.1. The molecule has 7 nitrogen and oxygen atoms in total. The van der Waals surface area contributed by atoms with Gasteiger partial charge >= 0.3 is 5.97 Å². The van der Waals surface area contributed by atoms with E-state index in [1.165, 1.54) is 0 Å². The first-order valence-corrected chi connectivity index (χ1v) is 7.19. The Morgan fingerprint density at radius 2 is 1.81 bits per heavy atom. The third-order valence-electron chi connectivity index (χ3n) is 3.76. The number of ketones is 1. The first-order chi connectivity index (χ1) is 11.5. The van der Waals surface area contributed by atoms with Crippen LogP contribution < -0.4 is 4.74 Å². The van der Waals surface area contributed by atoms with E-state index >= 15 is 0 Å². The first-order valence-electron chi connectivity index (χ1n) is 7.19. The van der Waals surface area contributed by atoms with Gasteiger partial charge in [-0.25, -0.2) is 0 Å². The highest BCUT2D eigenvalue weighted by molar-refractivity contribution is 6.12. The smallest absolute Gasteiger partial charge is 0.310 e. The van der Waals surface area contributed by atoms with Gasteiger partial charge in [0.15, 0.2) is 5.78 Å². The molecule has 1 aliphatic rings. The van der Waals surface area contributed by atoms with Crippen molar-refractivity contribution in [3.63, 3.8) is 0 Å². The van der Waals surface area contributed by atoms with E-state index in [1.807, 2.05) is 18.2 Å². The van der Waals surface area contributed by atoms with Gasteiger partial charge in [0.2, 0.25) is 0 Å². The van der Waals surface area contributed by atoms with Gasteiger partial charge in [-0.05, 0) is 24.6 Å². The van der Waals surface area contributed by atoms with Crippen LogP contribution in [0.3, 0.4) is 0 Å². The molecule has 0 bridgehead atoms. The molecule has 0 aromatic heterocycles. The molecule has 0 aliphatic carbocycles. The van der Waals surface area contributed by atoms with Gasteiger partial charge in [-0.2, -0.15) is 0 Å². The fourth-order valence-corrected chi connectivity index (χ4v) is 2.43. The number of carboxylic acid groups (broad SMARTS) is 2. The normalized spacial score (nSPS) is 12.1. The highest BCUT2D eigenvalue weighted by Gasteiger charge is 2.24. The molecule has 1 unspecified atom stereocenters. The Hall–Kier alpha value is -3.19. The molecule has 1 heterocycles. The second-order valence-corrected chi connectivity index (χ2v) is 5.20. The van der Waals surface area contributed by atoms with E-state index < -0.39 is 11.9 Å². The van der Waals surface area contributed by atoms with Crippen molar-refractivity contribution >= 4 is 18.2 Å². The molecule has 26 heavy (non-hydrogen) atoms. The van der Waals surface area contributed by atoms with Gasteiger partial charge in [-0.15, -0.1) is 0 Å². The Labute approximate surface area is 151 Å². The van der Waals surface area contributed by atoms with Crippen LogP contribution in [-0.2, 0) is 16.2 Å². The van der Waals surface area contributed by atoms with Crippen LogP contribution in [0.2, 0.25) is 0 Å². The van der Waals surface area contributed by atoms with Crippen molar-refractivity contribution in [3.05, 3.63) is 64.7 Å². The number of carbonyl (C=O) groups is 3. The largest absolute Gasteiger partial charge is 0.488 e. The topological polar surface area (TPSA) is 132 Å². The van der Waals surface area contributed by atoms with Crippen LogP contribution in [0.1, 0.15) is 47.3 Å². The zero-order valence-electron chi connectivity index (χ0n) is 13.4. The van der Waals surface area contributed by atoms with E-state index in [0.29, 0.717) is 29.0 Å². The molecule has 0 saturated carbocycles. The van der Waals surface area contributed by atoms with Crippen LogP contribution in [0.15, 0.2) is 42.5 Å². The molecule has 2 aromatic carbocycles. The van der Waals surface area contributed by atoms with Crippen molar-refractivity contribution in [1.29, 1.82) is 0 Å². The summed E-state index contributed by atoms with van der Waals surface area (Å²) in [6, 6.07) is 12.3. The maximum atomic E-state index is 12.6. The van der Waals surface area contributed by atoms with Crippen LogP contribution in [0, 0.1) is 0 Å². The maximum Gasteiger partial charge on any atom is 0.310 e. The predicted octanol–water partition coefficient (Wildman–Crippen LogP) is 2.51. The maximum absolute atomic E-state index is 12.6. The van der Waals surface area contributed by atoms with Crippen molar-refractivity contribution in [3.8, 4) is 5.75 Å². The lowest BCUT2D eigenvalue weighted by atomic mass is 9.94. The summed E-state index contributed by atoms with van der Waals surface area (Å²) in [5.74, 6) is -1.21. The summed E-state index contributed by atoms with van der Waals surface area (Å²) >= 11 is 0. The summed E-state index contributed by atoms with van der Waals surface area (Å²) < 4.78 is 5.67. The van der Waals surface area contributed by atoms with Gasteiger partial charge < -0.3 is 20.4 Å². The lowest BCUT2D eigenvalue weighted by Crippen LogP contribution is -2.09. The zero-order valence-corrected chi connectivity index (χ0v) is 13.4. The molecule has 3 rings (SSSR count). The SMILES string of the molecule is C.CC(C(=O)O)c1ccc2c(c1)C(=O)c1ccccc1CO2.O.O=CO. The molecule has 0 saturated heterocycles. The summed E-state index contributed by atoms with van der Waals surface area (Å²) in [6.45, 7) is 1.68. The average Bonchev–Trinajstić information content (AvgIpc) is 2.72. The molecule has 0 radical (unpaired) electrons. The number of aliphatic carboxylic acids is 1. The van der Waals surface area contributed by atoms with Gasteiger partial charge in [0.25, 0.3) is 6.47 Å². The highest BCUT2D eigenvalue weighted by Crippen LogP contribution is 2.31. The van der Waals surface area contributed by atoms with Crippen LogP contribution in [-0.4, -0.2) is 33.9 Å². The van der Waals surface area contributed by atoms with E-state index in [0.717, 1.165) is 5.56 Å². The monoisotopic (exact) mass is 362 g/mol. The molecule has 140 valence electrons. The lowest BCUT2D eigenvalue weighted by molar-refractivity contribution is -0.138. The lowest BCUT2D eigenvalue weighted by Gasteiger charge is -2.11. The fraction of sp³-hybridized carbons (Fsp3) is 0.211. The quantitative estimate of drug-likeness (QED) is 0.789. The number of carbonyl (C=O) groups excluding carboxylic acids is 1. The van der Waals surface area contributed by atoms with Crippen molar-refractivity contribution in [1.82, 2.24) is 0 Å². The number of fused-ring (bicyclic) bond motifs is 2. The third-order valence-corrected chi connectivity index (χ3v) is 3.76. The average molecular weight is 362 g/mol. The van der Waals surface area contributed by atoms with Crippen molar-refractivity contribution in [2.24, 2.45) is 0 Å². The number of benzene rings is 2. The first kappa shape index (κ1) is 22.8. The third kappa shape index (κ3) is 4.67. The molecule has 7 heteroatoms. The van der Waals surface area contributed by atoms with Crippen LogP contribution in [0.5, 0.6) is 5.75 Å². The molecule has 1 atom stereocenters. The summed E-state index contributed by atoms with van der Waals surface area (Å²) in [6.07, 6.45) is 0. The second-order valence-electron chi connectivity index (χ2n) is 5.20. The Morgan fingerprint density at radius 1 is 1.19 bits per heavy atom. The zero-order chi connectivity index (χ0) is 17.7. The van der Waals surface area contributed by atoms with E-state index in [9.17, 15) is 9.59 Å². The van der Waals surface area contributed by atoms with E-state index in [-0.39, 0.29) is 25.2 Å². The van der Waals surface area contributed by atoms with Crippen molar-refractivity contribution in [2.75, 3.05) is 0 Å². The minimum absolute atomic E-state index is 0. The minimum atomic E-state index is -0.919. The van der Waals surface area contributed by atoms with Gasteiger partial charge in [0, 0.05) is 11.1 Å². The minimum Gasteiger partial charge on any atom is -0.488 e. The van der Waals surface area contributed by atoms with E-state index in [4.69, 9.17) is 19.7 Å². The molecule has 0 spiro atoms. The second kappa shape index (κ2) is 9.95. The van der Waals surface area contributed by atoms with Gasteiger partial charge in [0.05, 0.1) is 11.5 Å². The molecule has 0 amide bonds. The molecule has 4 N–H and O–H groups in total. The van der Waals surface area contributed by atoms with Gasteiger partial charge in [-0.3, -0.25) is 14.4 Å². The molecule has 2 aromatic rings. The number of hydrogen-bond donors (Lipinski definition) is 2. The Morgan fingerprint density at radius 3 is 2.42 bits per heavy atom. The molecule has 1 aliphatic heterocycles. The Kier molecular flexibility index (Phi) is 8.73. The van der Waals surface area contributed by atoms with Crippen LogP contribution in [0.4, 0.5) is 0 Å². The summed E-state index contributed by atoms with van der Waals surface area (Å²) in [5, 5.41) is 16.0. The number of ether oxygens (including phenoxy) is 1. The fourth-order valence-electron chi connectivity index (χ4n) is 2.43. The number of rotatable bonds is 2. The highest BCUT2D eigenvalue weighted by atomic mass is 16.5. The molecule has 0 fully saturated rings. The van der Waals surface area contributed by atoms with E-state index in [2.05, 4.69) is 0 Å². The standard InChI is InChI=1S/C17H14O4.CH2O2.CH4.H2O/c1-10(17(19)20)11-6-7-15-14(8-11)16(18)13-5-3-2-4-12(13)9-21-15;2-1-3;;/h2-8,10H,9H2,1H3,(H,19,20);1H,(H,2,3);1H4;1H2. The Balaban J connectivity index is 0.00000117. The predicted molar refractivity (Wildman–Crippen MR) is 95.7 cm³/mol. The van der Waals surface area contributed by atoms with Crippen LogP contribution in [0.25, 0.3) is 0 Å². The molecular weight excluding hydrogens is 340 g/mol. The Bertz CT molecular complexity index is 783. The van der Waals surface area contributed by atoms with E-state index in [1.54, 1.807) is 31.2 Å². The molecular formula is C19H22O7. The summed E-state index contributed by atoms with van der Waals surface area (Å²) in [5.41, 5.74) is 2.46. The van der Waals surface area contributed by atoms with Crippen molar-refractivity contribution < 1.29 is 34.8 Å².